The molecule has 0 fully saturated rings. The first-order valence-corrected chi connectivity index (χ1v) is 8.22. The largest absolute Gasteiger partial charge is 0.345 e. The summed E-state index contributed by atoms with van der Waals surface area (Å²) in [6, 6.07) is 7.88. The Hall–Kier alpha value is -1.49. The molecule has 0 saturated carbocycles. The number of carbonyl (C=O) groups excluding carboxylic acids is 1. The van der Waals surface area contributed by atoms with E-state index in [9.17, 15) is 4.79 Å². The van der Waals surface area contributed by atoms with Crippen LogP contribution in [-0.4, -0.2) is 27.9 Å². The number of thioether (sulfide) groups is 1. The zero-order chi connectivity index (χ0) is 14.5. The first kappa shape index (κ1) is 14.9. The minimum Gasteiger partial charge on any atom is -0.345 e. The Labute approximate surface area is 123 Å². The number of carbonyl (C=O) groups is 1. The average Bonchev–Trinajstić information content (AvgIpc) is 2.81. The van der Waals surface area contributed by atoms with Gasteiger partial charge in [-0.1, -0.05) is 26.0 Å². The number of benzene rings is 1. The van der Waals surface area contributed by atoms with Gasteiger partial charge < -0.3 is 10.3 Å². The SMILES string of the molecule is CSCC(=O)N[C@H](CC(C)C)c1nc2ccccc2[nH]1. The summed E-state index contributed by atoms with van der Waals surface area (Å²) in [6.07, 6.45) is 2.80. The molecule has 0 unspecified atom stereocenters. The van der Waals surface area contributed by atoms with Crippen LogP contribution in [0.3, 0.4) is 0 Å². The summed E-state index contributed by atoms with van der Waals surface area (Å²) in [5.41, 5.74) is 1.95. The van der Waals surface area contributed by atoms with Crippen molar-refractivity contribution < 1.29 is 4.79 Å². The Bertz CT molecular complexity index is 546. The molecule has 0 saturated heterocycles. The predicted molar refractivity (Wildman–Crippen MR) is 84.8 cm³/mol. The molecule has 0 radical (unpaired) electrons. The van der Waals surface area contributed by atoms with Gasteiger partial charge in [-0.3, -0.25) is 4.79 Å². The van der Waals surface area contributed by atoms with E-state index in [0.29, 0.717) is 11.7 Å². The van der Waals surface area contributed by atoms with Gasteiger partial charge in [0.2, 0.25) is 5.91 Å². The summed E-state index contributed by atoms with van der Waals surface area (Å²) in [7, 11) is 0. The molecule has 0 aliphatic heterocycles. The third kappa shape index (κ3) is 3.76. The molecule has 20 heavy (non-hydrogen) atoms. The van der Waals surface area contributed by atoms with Gasteiger partial charge in [0.15, 0.2) is 0 Å². The fraction of sp³-hybridized carbons (Fsp3) is 0.467. The molecular weight excluding hydrogens is 270 g/mol. The lowest BCUT2D eigenvalue weighted by atomic mass is 10.0. The van der Waals surface area contributed by atoms with Crippen LogP contribution in [0.25, 0.3) is 11.0 Å². The summed E-state index contributed by atoms with van der Waals surface area (Å²) in [6.45, 7) is 4.30. The molecule has 0 aliphatic rings. The number of aromatic amines is 1. The van der Waals surface area contributed by atoms with E-state index in [0.717, 1.165) is 23.3 Å². The number of amides is 1. The molecule has 0 bridgehead atoms. The van der Waals surface area contributed by atoms with E-state index in [1.54, 1.807) is 0 Å². The minimum atomic E-state index is -0.0537. The number of H-pyrrole nitrogens is 1. The van der Waals surface area contributed by atoms with E-state index < -0.39 is 0 Å². The van der Waals surface area contributed by atoms with Gasteiger partial charge in [-0.05, 0) is 30.7 Å². The normalized spacial score (nSPS) is 12.8. The highest BCUT2D eigenvalue weighted by molar-refractivity contribution is 7.99. The second kappa shape index (κ2) is 6.79. The van der Waals surface area contributed by atoms with Gasteiger partial charge in [0.1, 0.15) is 5.82 Å². The van der Waals surface area contributed by atoms with Crippen molar-refractivity contribution in [1.82, 2.24) is 15.3 Å². The molecule has 2 rings (SSSR count). The summed E-state index contributed by atoms with van der Waals surface area (Å²) in [5.74, 6) is 1.87. The maximum atomic E-state index is 11.8. The van der Waals surface area contributed by atoms with Crippen molar-refractivity contribution in [1.29, 1.82) is 0 Å². The first-order valence-electron chi connectivity index (χ1n) is 6.83. The molecule has 1 amide bonds. The van der Waals surface area contributed by atoms with Gasteiger partial charge in [0.25, 0.3) is 0 Å². The number of para-hydroxylation sites is 2. The zero-order valence-electron chi connectivity index (χ0n) is 12.1. The number of imidazole rings is 1. The zero-order valence-corrected chi connectivity index (χ0v) is 13.0. The monoisotopic (exact) mass is 291 g/mol. The summed E-state index contributed by atoms with van der Waals surface area (Å²) in [4.78, 5) is 19.8. The van der Waals surface area contributed by atoms with E-state index in [4.69, 9.17) is 0 Å². The van der Waals surface area contributed by atoms with Crippen LogP contribution >= 0.6 is 11.8 Å². The number of hydrogen-bond acceptors (Lipinski definition) is 3. The van der Waals surface area contributed by atoms with E-state index in [1.807, 2.05) is 30.5 Å². The van der Waals surface area contributed by atoms with Crippen molar-refractivity contribution in [3.63, 3.8) is 0 Å². The van der Waals surface area contributed by atoms with E-state index in [-0.39, 0.29) is 11.9 Å². The smallest absolute Gasteiger partial charge is 0.230 e. The maximum absolute atomic E-state index is 11.8. The van der Waals surface area contributed by atoms with Crippen molar-refractivity contribution in [2.45, 2.75) is 26.3 Å². The van der Waals surface area contributed by atoms with Gasteiger partial charge in [-0.2, -0.15) is 11.8 Å². The van der Waals surface area contributed by atoms with Crippen molar-refractivity contribution in [2.24, 2.45) is 5.92 Å². The molecule has 0 aliphatic carbocycles. The van der Waals surface area contributed by atoms with Crippen LogP contribution in [0.4, 0.5) is 0 Å². The second-order valence-electron chi connectivity index (χ2n) is 5.32. The van der Waals surface area contributed by atoms with Gasteiger partial charge in [0, 0.05) is 0 Å². The molecule has 108 valence electrons. The molecule has 5 heteroatoms. The second-order valence-corrected chi connectivity index (χ2v) is 6.19. The van der Waals surface area contributed by atoms with E-state index in [1.165, 1.54) is 11.8 Å². The molecule has 2 aromatic rings. The first-order chi connectivity index (χ1) is 9.60. The third-order valence-corrected chi connectivity index (χ3v) is 3.61. The lowest BCUT2D eigenvalue weighted by molar-refractivity contribution is -0.119. The standard InChI is InChI=1S/C15H21N3OS/c1-10(2)8-13(16-14(19)9-20-3)15-17-11-6-4-5-7-12(11)18-15/h4-7,10,13H,8-9H2,1-3H3,(H,16,19)(H,17,18)/t13-/m1/s1. The number of nitrogens with zero attached hydrogens (tertiary/aromatic N) is 1. The van der Waals surface area contributed by atoms with Crippen molar-refractivity contribution in [2.75, 3.05) is 12.0 Å². The number of nitrogens with one attached hydrogen (secondary N) is 2. The van der Waals surface area contributed by atoms with Crippen molar-refractivity contribution in [3.8, 4) is 0 Å². The van der Waals surface area contributed by atoms with Crippen LogP contribution in [0.1, 0.15) is 32.1 Å². The van der Waals surface area contributed by atoms with Crippen LogP contribution in [0.15, 0.2) is 24.3 Å². The van der Waals surface area contributed by atoms with Crippen LogP contribution < -0.4 is 5.32 Å². The van der Waals surface area contributed by atoms with Crippen LogP contribution in [-0.2, 0) is 4.79 Å². The molecule has 4 nitrogen and oxygen atoms in total. The average molecular weight is 291 g/mol. The molecule has 0 spiro atoms. The lowest BCUT2D eigenvalue weighted by Crippen LogP contribution is -2.31. The van der Waals surface area contributed by atoms with Gasteiger partial charge >= 0.3 is 0 Å². The Morgan fingerprint density at radius 2 is 2.15 bits per heavy atom. The Balaban J connectivity index is 2.22. The topological polar surface area (TPSA) is 57.8 Å². The molecule has 1 aromatic heterocycles. The highest BCUT2D eigenvalue weighted by Crippen LogP contribution is 2.22. The van der Waals surface area contributed by atoms with E-state index >= 15 is 0 Å². The van der Waals surface area contributed by atoms with E-state index in [2.05, 4.69) is 29.1 Å². The van der Waals surface area contributed by atoms with Crippen molar-refractivity contribution in [3.05, 3.63) is 30.1 Å². The third-order valence-electron chi connectivity index (χ3n) is 3.06. The molecule has 1 heterocycles. The van der Waals surface area contributed by atoms with Crippen molar-refractivity contribution >= 4 is 28.7 Å². The quantitative estimate of drug-likeness (QED) is 0.859. The number of hydrogen-bond donors (Lipinski definition) is 2. The Morgan fingerprint density at radius 1 is 1.40 bits per heavy atom. The fourth-order valence-corrected chi connectivity index (χ4v) is 2.56. The highest BCUT2D eigenvalue weighted by Gasteiger charge is 2.19. The van der Waals surface area contributed by atoms with Gasteiger partial charge in [0.05, 0.1) is 22.8 Å². The van der Waals surface area contributed by atoms with Crippen LogP contribution in [0, 0.1) is 5.92 Å². The Morgan fingerprint density at radius 3 is 2.80 bits per heavy atom. The summed E-state index contributed by atoms with van der Waals surface area (Å²) in [5, 5.41) is 3.07. The van der Waals surface area contributed by atoms with Gasteiger partial charge in [-0.15, -0.1) is 0 Å². The van der Waals surface area contributed by atoms with Gasteiger partial charge in [-0.25, -0.2) is 4.98 Å². The number of aromatic nitrogens is 2. The fourth-order valence-electron chi connectivity index (χ4n) is 2.21. The van der Waals surface area contributed by atoms with Crippen LogP contribution in [0.2, 0.25) is 0 Å². The molecule has 1 atom stereocenters. The number of rotatable bonds is 6. The lowest BCUT2D eigenvalue weighted by Gasteiger charge is -2.18. The highest BCUT2D eigenvalue weighted by atomic mass is 32.2. The number of fused-ring (bicyclic) bond motifs is 1. The predicted octanol–water partition coefficient (Wildman–Crippen LogP) is 3.13. The van der Waals surface area contributed by atoms with Crippen LogP contribution in [0.5, 0.6) is 0 Å². The molecular formula is C15H21N3OS. The summed E-state index contributed by atoms with van der Waals surface area (Å²) < 4.78 is 0. The molecule has 2 N–H and O–H groups in total. The Kier molecular flexibility index (Phi) is 5.06. The summed E-state index contributed by atoms with van der Waals surface area (Å²) >= 11 is 1.53. The minimum absolute atomic E-state index is 0.0537. The maximum Gasteiger partial charge on any atom is 0.230 e. The molecule has 1 aromatic carbocycles.